The number of ether oxygens (including phenoxy) is 2. The normalized spacial score (nSPS) is 17.1. The molecule has 1 N–H and O–H groups in total. The molecule has 1 aliphatic rings. The fourth-order valence-electron chi connectivity index (χ4n) is 4.06. The average Bonchev–Trinajstić information content (AvgIpc) is 3.18. The molecule has 1 aromatic carbocycles. The van der Waals surface area contributed by atoms with E-state index in [-0.39, 0.29) is 6.61 Å². The first-order valence-corrected chi connectivity index (χ1v) is 9.69. The number of methoxy groups -OCH3 is 2. The summed E-state index contributed by atoms with van der Waals surface area (Å²) in [6.45, 7) is 1.17. The molecule has 148 valence electrons. The second kappa shape index (κ2) is 8.06. The van der Waals surface area contributed by atoms with Gasteiger partial charge in [0, 0.05) is 31.0 Å². The molecule has 0 bridgehead atoms. The van der Waals surface area contributed by atoms with Crippen molar-refractivity contribution in [2.75, 3.05) is 32.3 Å². The van der Waals surface area contributed by atoms with Gasteiger partial charge < -0.3 is 19.5 Å². The molecule has 0 saturated carbocycles. The Morgan fingerprint density at radius 1 is 1.14 bits per heavy atom. The van der Waals surface area contributed by atoms with Crippen molar-refractivity contribution < 1.29 is 14.6 Å². The lowest BCUT2D eigenvalue weighted by molar-refractivity contribution is 0.262. The molecule has 1 fully saturated rings. The minimum absolute atomic E-state index is 0.200. The maximum atomic E-state index is 9.46. The number of aliphatic hydroxyl groups excluding tert-OH is 1. The molecule has 0 radical (unpaired) electrons. The third-order valence-corrected chi connectivity index (χ3v) is 5.46. The predicted molar refractivity (Wildman–Crippen MR) is 108 cm³/mol. The van der Waals surface area contributed by atoms with Crippen LogP contribution in [0.1, 0.15) is 25.7 Å². The standard InChI is InChI=1S/C21H26N4O3/c1-27-18-7-6-15(13-19(18)28-2)17-14-23-25-20(8-10-22-21(17)25)24-11-4-3-5-16(24)9-12-26/h6-8,10,13-14,16,26H,3-5,9,11-12H2,1-2H3. The van der Waals surface area contributed by atoms with Gasteiger partial charge in [0.25, 0.3) is 0 Å². The Morgan fingerprint density at radius 2 is 2.00 bits per heavy atom. The Morgan fingerprint density at radius 3 is 2.79 bits per heavy atom. The van der Waals surface area contributed by atoms with Crippen molar-refractivity contribution in [1.29, 1.82) is 0 Å². The number of benzene rings is 1. The van der Waals surface area contributed by atoms with Gasteiger partial charge in [0.05, 0.1) is 20.4 Å². The van der Waals surface area contributed by atoms with Crippen molar-refractivity contribution in [3.63, 3.8) is 0 Å². The van der Waals surface area contributed by atoms with Crippen LogP contribution in [-0.2, 0) is 0 Å². The molecule has 7 heteroatoms. The van der Waals surface area contributed by atoms with E-state index < -0.39 is 0 Å². The third kappa shape index (κ3) is 3.26. The van der Waals surface area contributed by atoms with Crippen LogP contribution in [0.3, 0.4) is 0 Å². The van der Waals surface area contributed by atoms with Gasteiger partial charge >= 0.3 is 0 Å². The smallest absolute Gasteiger partial charge is 0.165 e. The molecule has 1 unspecified atom stereocenters. The van der Waals surface area contributed by atoms with Gasteiger partial charge in [-0.2, -0.15) is 9.61 Å². The van der Waals surface area contributed by atoms with Crippen molar-refractivity contribution in [1.82, 2.24) is 14.6 Å². The largest absolute Gasteiger partial charge is 0.493 e. The van der Waals surface area contributed by atoms with Crippen LogP contribution in [0.2, 0.25) is 0 Å². The van der Waals surface area contributed by atoms with Crippen LogP contribution in [0.5, 0.6) is 11.5 Å². The maximum Gasteiger partial charge on any atom is 0.165 e. The molecule has 3 heterocycles. The lowest BCUT2D eigenvalue weighted by Gasteiger charge is -2.37. The first kappa shape index (κ1) is 18.6. The number of piperidine rings is 1. The predicted octanol–water partition coefficient (Wildman–Crippen LogP) is 3.15. The van der Waals surface area contributed by atoms with E-state index in [1.54, 1.807) is 14.2 Å². The molecule has 7 nitrogen and oxygen atoms in total. The summed E-state index contributed by atoms with van der Waals surface area (Å²) < 4.78 is 12.7. The summed E-state index contributed by atoms with van der Waals surface area (Å²) in [5.74, 6) is 2.39. The van der Waals surface area contributed by atoms with Crippen LogP contribution in [0.4, 0.5) is 5.82 Å². The van der Waals surface area contributed by atoms with E-state index in [1.165, 1.54) is 6.42 Å². The Balaban J connectivity index is 1.77. The summed E-state index contributed by atoms with van der Waals surface area (Å²) in [6.07, 6.45) is 7.89. The van der Waals surface area contributed by atoms with Crippen LogP contribution < -0.4 is 14.4 Å². The SMILES string of the molecule is COc1ccc(-c2cnn3c(N4CCCCC4CCO)ccnc23)cc1OC. The molecular formula is C21H26N4O3. The van der Waals surface area contributed by atoms with Crippen LogP contribution in [0.25, 0.3) is 16.8 Å². The van der Waals surface area contributed by atoms with Gasteiger partial charge in [0.2, 0.25) is 0 Å². The van der Waals surface area contributed by atoms with Gasteiger partial charge in [-0.15, -0.1) is 0 Å². The maximum absolute atomic E-state index is 9.46. The van der Waals surface area contributed by atoms with Crippen molar-refractivity contribution in [2.45, 2.75) is 31.7 Å². The van der Waals surface area contributed by atoms with E-state index in [0.717, 1.165) is 48.4 Å². The first-order chi connectivity index (χ1) is 13.8. The first-order valence-electron chi connectivity index (χ1n) is 9.69. The summed E-state index contributed by atoms with van der Waals surface area (Å²) in [6, 6.07) is 8.16. The lowest BCUT2D eigenvalue weighted by atomic mass is 9.99. The molecule has 1 atom stereocenters. The fraction of sp³-hybridized carbons (Fsp3) is 0.429. The highest BCUT2D eigenvalue weighted by atomic mass is 16.5. The van der Waals surface area contributed by atoms with Crippen LogP contribution in [-0.4, -0.2) is 53.1 Å². The van der Waals surface area contributed by atoms with Crippen molar-refractivity contribution in [3.05, 3.63) is 36.7 Å². The number of fused-ring (bicyclic) bond motifs is 1. The van der Waals surface area contributed by atoms with Gasteiger partial charge in [-0.25, -0.2) is 4.98 Å². The fourth-order valence-corrected chi connectivity index (χ4v) is 4.06. The van der Waals surface area contributed by atoms with Gasteiger partial charge in [-0.05, 0) is 49.4 Å². The minimum atomic E-state index is 0.200. The van der Waals surface area contributed by atoms with Crippen molar-refractivity contribution >= 4 is 11.5 Å². The van der Waals surface area contributed by atoms with E-state index in [1.807, 2.05) is 41.2 Å². The molecule has 0 aliphatic carbocycles. The Kier molecular flexibility index (Phi) is 5.34. The summed E-state index contributed by atoms with van der Waals surface area (Å²) in [5.41, 5.74) is 2.72. The highest BCUT2D eigenvalue weighted by molar-refractivity contribution is 5.79. The highest BCUT2D eigenvalue weighted by Crippen LogP contribution is 2.35. The summed E-state index contributed by atoms with van der Waals surface area (Å²) in [4.78, 5) is 6.96. The van der Waals surface area contributed by atoms with Gasteiger partial charge in [-0.3, -0.25) is 0 Å². The summed E-state index contributed by atoms with van der Waals surface area (Å²) in [7, 11) is 3.26. The number of rotatable bonds is 6. The lowest BCUT2D eigenvalue weighted by Crippen LogP contribution is -2.41. The molecule has 4 rings (SSSR count). The van der Waals surface area contributed by atoms with Crippen LogP contribution in [0, 0.1) is 0 Å². The van der Waals surface area contributed by atoms with E-state index in [0.29, 0.717) is 17.5 Å². The highest BCUT2D eigenvalue weighted by Gasteiger charge is 2.25. The quantitative estimate of drug-likeness (QED) is 0.706. The molecule has 28 heavy (non-hydrogen) atoms. The minimum Gasteiger partial charge on any atom is -0.493 e. The van der Waals surface area contributed by atoms with Gasteiger partial charge in [0.1, 0.15) is 5.82 Å². The summed E-state index contributed by atoms with van der Waals surface area (Å²) >= 11 is 0. The van der Waals surface area contributed by atoms with E-state index in [9.17, 15) is 5.11 Å². The van der Waals surface area contributed by atoms with E-state index in [4.69, 9.17) is 9.47 Å². The Labute approximate surface area is 164 Å². The topological polar surface area (TPSA) is 72.1 Å². The number of hydrogen-bond acceptors (Lipinski definition) is 6. The van der Waals surface area contributed by atoms with Crippen molar-refractivity contribution in [2.24, 2.45) is 0 Å². The molecule has 0 amide bonds. The third-order valence-electron chi connectivity index (χ3n) is 5.46. The Bertz CT molecular complexity index is 954. The van der Waals surface area contributed by atoms with Crippen LogP contribution in [0.15, 0.2) is 36.7 Å². The molecule has 2 aromatic heterocycles. The van der Waals surface area contributed by atoms with Gasteiger partial charge in [0.15, 0.2) is 17.1 Å². The van der Waals surface area contributed by atoms with E-state index >= 15 is 0 Å². The second-order valence-electron chi connectivity index (χ2n) is 7.02. The molecule has 1 saturated heterocycles. The summed E-state index contributed by atoms with van der Waals surface area (Å²) in [5, 5.41) is 14.1. The molecular weight excluding hydrogens is 356 g/mol. The monoisotopic (exact) mass is 382 g/mol. The zero-order valence-electron chi connectivity index (χ0n) is 16.3. The molecule has 0 spiro atoms. The number of anilines is 1. The molecule has 3 aromatic rings. The number of aliphatic hydroxyl groups is 1. The Hall–Kier alpha value is -2.80. The zero-order chi connectivity index (χ0) is 19.5. The second-order valence-corrected chi connectivity index (χ2v) is 7.02. The van der Waals surface area contributed by atoms with Crippen molar-refractivity contribution in [3.8, 4) is 22.6 Å². The number of nitrogens with zero attached hydrogens (tertiary/aromatic N) is 4. The molecule has 1 aliphatic heterocycles. The van der Waals surface area contributed by atoms with Crippen LogP contribution >= 0.6 is 0 Å². The number of aromatic nitrogens is 3. The average molecular weight is 382 g/mol. The zero-order valence-corrected chi connectivity index (χ0v) is 16.3. The van der Waals surface area contributed by atoms with E-state index in [2.05, 4.69) is 15.0 Å². The van der Waals surface area contributed by atoms with Gasteiger partial charge in [-0.1, -0.05) is 6.07 Å². The number of hydrogen-bond donors (Lipinski definition) is 1.